The van der Waals surface area contributed by atoms with Gasteiger partial charge in [0.15, 0.2) is 0 Å². The van der Waals surface area contributed by atoms with E-state index in [4.69, 9.17) is 0 Å². The topological polar surface area (TPSA) is 44.4 Å². The van der Waals surface area contributed by atoms with Crippen LogP contribution in [0.5, 0.6) is 0 Å². The van der Waals surface area contributed by atoms with Gasteiger partial charge in [0, 0.05) is 31.9 Å². The molecule has 0 aromatic heterocycles. The van der Waals surface area contributed by atoms with Crippen LogP contribution in [0, 0.1) is 5.82 Å². The molecule has 20 heavy (non-hydrogen) atoms. The van der Waals surface area contributed by atoms with Gasteiger partial charge in [-0.15, -0.1) is 0 Å². The fraction of sp³-hybridized carbons (Fsp3) is 0.417. The van der Waals surface area contributed by atoms with Crippen molar-refractivity contribution in [3.8, 4) is 0 Å². The first-order chi connectivity index (χ1) is 9.36. The van der Waals surface area contributed by atoms with E-state index in [0.717, 1.165) is 6.07 Å². The maximum atomic E-state index is 13.2. The van der Waals surface area contributed by atoms with Crippen molar-refractivity contribution in [1.29, 1.82) is 0 Å². The van der Waals surface area contributed by atoms with Crippen LogP contribution >= 0.6 is 0 Å². The fourth-order valence-electron chi connectivity index (χ4n) is 1.90. The molecular weight excluding hydrogens is 278 g/mol. The molecule has 1 heterocycles. The second-order valence-electron chi connectivity index (χ2n) is 4.39. The molecule has 2 amide bonds. The Morgan fingerprint density at radius 3 is 2.45 bits per heavy atom. The summed E-state index contributed by atoms with van der Waals surface area (Å²) in [6, 6.07) is 1.42. The van der Waals surface area contributed by atoms with Crippen LogP contribution in [-0.4, -0.2) is 37.1 Å². The number of carbonyl (C=O) groups excluding carboxylic acids is 1. The first-order valence-electron chi connectivity index (χ1n) is 6.01. The van der Waals surface area contributed by atoms with E-state index in [9.17, 15) is 22.4 Å². The molecule has 0 spiro atoms. The van der Waals surface area contributed by atoms with Crippen molar-refractivity contribution in [2.24, 2.45) is 0 Å². The molecule has 1 fully saturated rings. The third-order valence-corrected chi connectivity index (χ3v) is 2.88. The van der Waals surface area contributed by atoms with Crippen LogP contribution < -0.4 is 10.6 Å². The molecule has 0 unspecified atom stereocenters. The zero-order chi connectivity index (χ0) is 14.8. The van der Waals surface area contributed by atoms with Crippen molar-refractivity contribution in [3.05, 3.63) is 29.6 Å². The van der Waals surface area contributed by atoms with Crippen molar-refractivity contribution in [1.82, 2.24) is 10.2 Å². The average Bonchev–Trinajstić information content (AvgIpc) is 2.38. The largest absolute Gasteiger partial charge is 0.416 e. The highest BCUT2D eigenvalue weighted by molar-refractivity contribution is 5.89. The number of nitrogens with one attached hydrogen (secondary N) is 2. The molecule has 8 heteroatoms. The van der Waals surface area contributed by atoms with Gasteiger partial charge >= 0.3 is 12.2 Å². The van der Waals surface area contributed by atoms with E-state index in [1.165, 1.54) is 4.90 Å². The molecule has 0 radical (unpaired) electrons. The summed E-state index contributed by atoms with van der Waals surface area (Å²) in [4.78, 5) is 13.3. The van der Waals surface area contributed by atoms with Crippen LogP contribution in [0.15, 0.2) is 18.2 Å². The molecule has 1 aliphatic heterocycles. The van der Waals surface area contributed by atoms with Gasteiger partial charge < -0.3 is 15.5 Å². The number of carbonyl (C=O) groups is 1. The highest BCUT2D eigenvalue weighted by Gasteiger charge is 2.31. The molecule has 2 N–H and O–H groups in total. The molecule has 0 saturated carbocycles. The van der Waals surface area contributed by atoms with Crippen molar-refractivity contribution < 1.29 is 22.4 Å². The molecule has 1 aromatic rings. The minimum atomic E-state index is -4.66. The summed E-state index contributed by atoms with van der Waals surface area (Å²) < 4.78 is 50.8. The molecule has 4 nitrogen and oxygen atoms in total. The Morgan fingerprint density at radius 2 is 1.85 bits per heavy atom. The van der Waals surface area contributed by atoms with Gasteiger partial charge in [0.05, 0.1) is 5.56 Å². The third-order valence-electron chi connectivity index (χ3n) is 2.88. The van der Waals surface area contributed by atoms with Crippen molar-refractivity contribution in [2.75, 3.05) is 31.5 Å². The van der Waals surface area contributed by atoms with Crippen LogP contribution in [-0.2, 0) is 6.18 Å². The number of benzene rings is 1. The van der Waals surface area contributed by atoms with Crippen molar-refractivity contribution >= 4 is 11.7 Å². The van der Waals surface area contributed by atoms with E-state index >= 15 is 0 Å². The van der Waals surface area contributed by atoms with Gasteiger partial charge in [-0.1, -0.05) is 0 Å². The normalized spacial score (nSPS) is 16.1. The molecule has 0 bridgehead atoms. The van der Waals surface area contributed by atoms with E-state index in [-0.39, 0.29) is 5.69 Å². The fourth-order valence-corrected chi connectivity index (χ4v) is 1.90. The van der Waals surface area contributed by atoms with Crippen LogP contribution in [0.4, 0.5) is 28.0 Å². The maximum absolute atomic E-state index is 13.2. The first kappa shape index (κ1) is 14.6. The molecule has 2 rings (SSSR count). The Morgan fingerprint density at radius 1 is 1.20 bits per heavy atom. The minimum absolute atomic E-state index is 0.208. The Bertz CT molecular complexity index is 498. The van der Waals surface area contributed by atoms with Crippen LogP contribution in [0.25, 0.3) is 0 Å². The average molecular weight is 291 g/mol. The number of piperazine rings is 1. The molecule has 0 aliphatic carbocycles. The highest BCUT2D eigenvalue weighted by atomic mass is 19.4. The predicted octanol–water partition coefficient (Wildman–Crippen LogP) is 2.28. The van der Waals surface area contributed by atoms with E-state index in [0.29, 0.717) is 38.3 Å². The van der Waals surface area contributed by atoms with E-state index in [2.05, 4.69) is 10.6 Å². The Labute approximate surface area is 112 Å². The summed E-state index contributed by atoms with van der Waals surface area (Å²) in [5.41, 5.74) is -1.34. The number of hydrogen-bond acceptors (Lipinski definition) is 2. The van der Waals surface area contributed by atoms with Crippen molar-refractivity contribution in [2.45, 2.75) is 6.18 Å². The van der Waals surface area contributed by atoms with Gasteiger partial charge in [-0.25, -0.2) is 9.18 Å². The Hall–Kier alpha value is -1.83. The number of nitrogens with zero attached hydrogens (tertiary/aromatic N) is 1. The van der Waals surface area contributed by atoms with E-state index in [1.807, 2.05) is 0 Å². The molecule has 1 aliphatic rings. The lowest BCUT2D eigenvalue weighted by Crippen LogP contribution is -2.48. The summed E-state index contributed by atoms with van der Waals surface area (Å²) in [7, 11) is 0. The van der Waals surface area contributed by atoms with Gasteiger partial charge in [0.2, 0.25) is 0 Å². The second-order valence-corrected chi connectivity index (χ2v) is 4.39. The molecule has 110 valence electrons. The summed E-state index contributed by atoms with van der Waals surface area (Å²) in [5, 5.41) is 5.33. The predicted molar refractivity (Wildman–Crippen MR) is 64.9 cm³/mol. The molecule has 0 atom stereocenters. The third kappa shape index (κ3) is 3.60. The minimum Gasteiger partial charge on any atom is -0.322 e. The lowest BCUT2D eigenvalue weighted by Gasteiger charge is -2.27. The molecular formula is C12H13F4N3O. The smallest absolute Gasteiger partial charge is 0.322 e. The maximum Gasteiger partial charge on any atom is 0.416 e. The second kappa shape index (κ2) is 5.66. The van der Waals surface area contributed by atoms with Gasteiger partial charge in [0.1, 0.15) is 5.82 Å². The number of rotatable bonds is 1. The number of urea groups is 1. The lowest BCUT2D eigenvalue weighted by atomic mass is 10.2. The van der Waals surface area contributed by atoms with Gasteiger partial charge in [-0.2, -0.15) is 13.2 Å². The zero-order valence-electron chi connectivity index (χ0n) is 10.4. The summed E-state index contributed by atoms with van der Waals surface area (Å²) in [6.45, 7) is 2.13. The number of anilines is 1. The molecule has 1 aromatic carbocycles. The lowest BCUT2D eigenvalue weighted by molar-refractivity contribution is -0.137. The molecule has 1 saturated heterocycles. The van der Waals surface area contributed by atoms with E-state index in [1.54, 1.807) is 0 Å². The summed E-state index contributed by atoms with van der Waals surface area (Å²) in [5.74, 6) is -1.05. The van der Waals surface area contributed by atoms with Gasteiger partial charge in [-0.3, -0.25) is 0 Å². The van der Waals surface area contributed by atoms with Gasteiger partial charge in [-0.05, 0) is 18.2 Å². The Balaban J connectivity index is 2.12. The SMILES string of the molecule is O=C(Nc1cc(F)cc(C(F)(F)F)c1)N1CCNCC1. The van der Waals surface area contributed by atoms with E-state index < -0.39 is 23.6 Å². The monoisotopic (exact) mass is 291 g/mol. The first-order valence-corrected chi connectivity index (χ1v) is 6.01. The summed E-state index contributed by atoms with van der Waals surface area (Å²) in [6.07, 6.45) is -4.66. The van der Waals surface area contributed by atoms with Crippen LogP contribution in [0.1, 0.15) is 5.56 Å². The van der Waals surface area contributed by atoms with Crippen LogP contribution in [0.2, 0.25) is 0 Å². The zero-order valence-corrected chi connectivity index (χ0v) is 10.4. The standard InChI is InChI=1S/C12H13F4N3O/c13-9-5-8(12(14,15)16)6-10(7-9)18-11(20)19-3-1-17-2-4-19/h5-7,17H,1-4H2,(H,18,20). The number of halogens is 4. The Kier molecular flexibility index (Phi) is 4.12. The highest BCUT2D eigenvalue weighted by Crippen LogP contribution is 2.31. The van der Waals surface area contributed by atoms with Crippen LogP contribution in [0.3, 0.4) is 0 Å². The van der Waals surface area contributed by atoms with Crippen molar-refractivity contribution in [3.63, 3.8) is 0 Å². The number of alkyl halides is 3. The summed E-state index contributed by atoms with van der Waals surface area (Å²) >= 11 is 0. The number of hydrogen-bond donors (Lipinski definition) is 2. The number of amides is 2. The quantitative estimate of drug-likeness (QED) is 0.780. The van der Waals surface area contributed by atoms with Gasteiger partial charge in [0.25, 0.3) is 0 Å².